The number of piperidine rings is 2. The number of esters is 2. The first-order valence-corrected chi connectivity index (χ1v) is 14.8. The van der Waals surface area contributed by atoms with Gasteiger partial charge in [0.1, 0.15) is 25.3 Å². The number of carbonyl (C=O) groups excluding carboxylic acids is 3. The molecule has 0 radical (unpaired) electrons. The second-order valence-electron chi connectivity index (χ2n) is 10.3. The van der Waals surface area contributed by atoms with Crippen LogP contribution in [0.2, 0.25) is 0 Å². The molecule has 0 saturated carbocycles. The molecule has 2 N–H and O–H groups in total. The first kappa shape index (κ1) is 31.4. The number of hydroxylamine groups is 4. The van der Waals surface area contributed by atoms with Crippen LogP contribution in [0.25, 0.3) is 0 Å². The van der Waals surface area contributed by atoms with Crippen LogP contribution in [0.1, 0.15) is 50.7 Å². The van der Waals surface area contributed by atoms with Crippen LogP contribution in [-0.2, 0) is 42.0 Å². The van der Waals surface area contributed by atoms with Crippen molar-refractivity contribution >= 4 is 18.0 Å². The van der Waals surface area contributed by atoms with Gasteiger partial charge in [-0.05, 0) is 50.7 Å². The van der Waals surface area contributed by atoms with Crippen molar-refractivity contribution in [2.75, 3.05) is 26.3 Å². The summed E-state index contributed by atoms with van der Waals surface area (Å²) in [5.74, 6) is -0.590. The van der Waals surface area contributed by atoms with E-state index in [2.05, 4.69) is 10.6 Å². The van der Waals surface area contributed by atoms with Crippen LogP contribution in [0, 0.1) is 0 Å². The molecule has 2 amide bonds. The van der Waals surface area contributed by atoms with Crippen molar-refractivity contribution in [3.63, 3.8) is 0 Å². The lowest BCUT2D eigenvalue weighted by molar-refractivity contribution is -0.220. The Hall–Kier alpha value is -3.51. The lowest BCUT2D eigenvalue weighted by Crippen LogP contribution is -2.60. The van der Waals surface area contributed by atoms with E-state index in [1.165, 1.54) is 10.1 Å². The third-order valence-electron chi connectivity index (χ3n) is 7.39. The molecule has 2 heterocycles. The van der Waals surface area contributed by atoms with Crippen molar-refractivity contribution in [3.05, 3.63) is 71.8 Å². The van der Waals surface area contributed by atoms with Crippen molar-refractivity contribution < 1.29 is 33.5 Å². The number of urea groups is 1. The molecule has 0 unspecified atom stereocenters. The largest absolute Gasteiger partial charge is 0.465 e. The summed E-state index contributed by atoms with van der Waals surface area (Å²) in [5.41, 5.74) is 1.83. The molecule has 2 aliphatic rings. The van der Waals surface area contributed by atoms with E-state index in [0.717, 1.165) is 11.1 Å². The van der Waals surface area contributed by atoms with E-state index in [4.69, 9.17) is 19.1 Å². The molecule has 0 spiro atoms. The lowest BCUT2D eigenvalue weighted by Gasteiger charge is -2.41. The SMILES string of the molecule is CCOC(=O)[C@@H]1CC[C@@H](N(OCc2ccccc2)C(=O)N(OCc2ccccc2)[C@@H]2CC[C@@H](C(=O)OCC)NC2)CN1. The average molecular weight is 583 g/mol. The highest BCUT2D eigenvalue weighted by molar-refractivity contribution is 5.77. The van der Waals surface area contributed by atoms with Gasteiger partial charge in [0.2, 0.25) is 0 Å². The van der Waals surface area contributed by atoms with Crippen LogP contribution in [0.4, 0.5) is 4.79 Å². The molecule has 0 bridgehead atoms. The minimum Gasteiger partial charge on any atom is -0.465 e. The van der Waals surface area contributed by atoms with Gasteiger partial charge in [-0.2, -0.15) is 10.1 Å². The second-order valence-corrected chi connectivity index (χ2v) is 10.3. The highest BCUT2D eigenvalue weighted by Gasteiger charge is 2.39. The number of ether oxygens (including phenoxy) is 2. The molecule has 2 fully saturated rings. The van der Waals surface area contributed by atoms with Gasteiger partial charge < -0.3 is 20.1 Å². The molecule has 2 aromatic carbocycles. The molecular formula is C31H42N4O7. The minimum atomic E-state index is -0.440. The van der Waals surface area contributed by atoms with Gasteiger partial charge in [-0.3, -0.25) is 19.3 Å². The maximum absolute atomic E-state index is 14.3. The summed E-state index contributed by atoms with van der Waals surface area (Å²) in [6.45, 7) is 5.25. The van der Waals surface area contributed by atoms with Crippen molar-refractivity contribution in [2.45, 2.75) is 76.9 Å². The van der Waals surface area contributed by atoms with Crippen molar-refractivity contribution in [2.24, 2.45) is 0 Å². The van der Waals surface area contributed by atoms with Crippen LogP contribution >= 0.6 is 0 Å². The summed E-state index contributed by atoms with van der Waals surface area (Å²) < 4.78 is 10.4. The zero-order valence-electron chi connectivity index (χ0n) is 24.4. The first-order chi connectivity index (χ1) is 20.5. The normalized spacial score (nSPS) is 22.1. The maximum Gasteiger partial charge on any atom is 0.368 e. The summed E-state index contributed by atoms with van der Waals surface area (Å²) in [7, 11) is 0. The number of carbonyl (C=O) groups is 3. The third kappa shape index (κ3) is 8.75. The van der Waals surface area contributed by atoms with E-state index in [-0.39, 0.29) is 37.2 Å². The van der Waals surface area contributed by atoms with Crippen LogP contribution in [0.3, 0.4) is 0 Å². The Morgan fingerprint density at radius 1 is 0.667 bits per heavy atom. The molecule has 11 heteroatoms. The van der Waals surface area contributed by atoms with E-state index in [1.807, 2.05) is 60.7 Å². The summed E-state index contributed by atoms with van der Waals surface area (Å²) in [6.07, 6.45) is 2.08. The minimum absolute atomic E-state index is 0.185. The summed E-state index contributed by atoms with van der Waals surface area (Å²) >= 11 is 0. The number of benzene rings is 2. The molecule has 0 aliphatic carbocycles. The standard InChI is InChI=1S/C31H42N4O7/c1-3-39-29(36)27-17-15-25(19-32-27)34(41-21-23-11-7-5-8-12-23)31(38)35(42-22-24-13-9-6-10-14-24)26-16-18-28(33-20-26)30(37)40-4-2/h5-14,25-28,32-33H,3-4,15-22H2,1-2H3/t25-,26-,27+,28+/m1/s1. The van der Waals surface area contributed by atoms with Gasteiger partial charge in [0, 0.05) is 13.1 Å². The average Bonchev–Trinajstić information content (AvgIpc) is 3.03. The Labute approximate surface area is 247 Å². The Balaban J connectivity index is 1.52. The van der Waals surface area contributed by atoms with Gasteiger partial charge in [0.05, 0.1) is 25.3 Å². The summed E-state index contributed by atoms with van der Waals surface area (Å²) in [4.78, 5) is 51.3. The highest BCUT2D eigenvalue weighted by atomic mass is 16.7. The fraction of sp³-hybridized carbons (Fsp3) is 0.516. The molecular weight excluding hydrogens is 540 g/mol. The molecule has 42 heavy (non-hydrogen) atoms. The molecule has 2 aliphatic heterocycles. The molecule has 4 atom stereocenters. The number of rotatable bonds is 12. The molecule has 0 aromatic heterocycles. The van der Waals surface area contributed by atoms with Crippen molar-refractivity contribution in [1.29, 1.82) is 0 Å². The zero-order chi connectivity index (χ0) is 29.7. The molecule has 4 rings (SSSR count). The van der Waals surface area contributed by atoms with Crippen LogP contribution in [0.15, 0.2) is 60.7 Å². The van der Waals surface area contributed by atoms with Gasteiger partial charge in [0.25, 0.3) is 0 Å². The first-order valence-electron chi connectivity index (χ1n) is 14.8. The van der Waals surface area contributed by atoms with E-state index < -0.39 is 18.1 Å². The van der Waals surface area contributed by atoms with Gasteiger partial charge in [-0.15, -0.1) is 0 Å². The third-order valence-corrected chi connectivity index (χ3v) is 7.39. The predicted octanol–water partition coefficient (Wildman–Crippen LogP) is 3.34. The zero-order valence-corrected chi connectivity index (χ0v) is 24.4. The van der Waals surface area contributed by atoms with Crippen molar-refractivity contribution in [1.82, 2.24) is 20.8 Å². The van der Waals surface area contributed by atoms with Gasteiger partial charge in [-0.25, -0.2) is 4.79 Å². The number of hydrogen-bond donors (Lipinski definition) is 2. The maximum atomic E-state index is 14.3. The Kier molecular flexibility index (Phi) is 12.1. The lowest BCUT2D eigenvalue weighted by atomic mass is 10.00. The fourth-order valence-corrected chi connectivity index (χ4v) is 5.14. The quantitative estimate of drug-likeness (QED) is 0.287. The number of amides is 2. The molecule has 2 saturated heterocycles. The highest BCUT2D eigenvalue weighted by Crippen LogP contribution is 2.23. The molecule has 228 valence electrons. The smallest absolute Gasteiger partial charge is 0.368 e. The second kappa shape index (κ2) is 16.2. The van der Waals surface area contributed by atoms with Crippen LogP contribution in [0.5, 0.6) is 0 Å². The van der Waals surface area contributed by atoms with Crippen LogP contribution < -0.4 is 10.6 Å². The van der Waals surface area contributed by atoms with E-state index >= 15 is 0 Å². The molecule has 11 nitrogen and oxygen atoms in total. The van der Waals surface area contributed by atoms with E-state index in [0.29, 0.717) is 52.0 Å². The fourth-order valence-electron chi connectivity index (χ4n) is 5.14. The van der Waals surface area contributed by atoms with E-state index in [9.17, 15) is 14.4 Å². The van der Waals surface area contributed by atoms with Gasteiger partial charge in [0.15, 0.2) is 0 Å². The monoisotopic (exact) mass is 582 g/mol. The van der Waals surface area contributed by atoms with E-state index in [1.54, 1.807) is 13.8 Å². The molecule has 2 aromatic rings. The van der Waals surface area contributed by atoms with Gasteiger partial charge in [-0.1, -0.05) is 60.7 Å². The number of nitrogens with zero attached hydrogens (tertiary/aromatic N) is 2. The number of nitrogens with one attached hydrogen (secondary N) is 2. The topological polar surface area (TPSA) is 119 Å². The predicted molar refractivity (Wildman–Crippen MR) is 154 cm³/mol. The van der Waals surface area contributed by atoms with Crippen molar-refractivity contribution in [3.8, 4) is 0 Å². The Bertz CT molecular complexity index is 1030. The summed E-state index contributed by atoms with van der Waals surface area (Å²) in [5, 5.41) is 9.20. The Morgan fingerprint density at radius 2 is 1.07 bits per heavy atom. The Morgan fingerprint density at radius 3 is 1.40 bits per heavy atom. The van der Waals surface area contributed by atoms with Crippen LogP contribution in [-0.4, -0.2) is 78.6 Å². The van der Waals surface area contributed by atoms with Gasteiger partial charge >= 0.3 is 18.0 Å². The summed E-state index contributed by atoms with van der Waals surface area (Å²) in [6, 6.07) is 17.2. The number of hydrogen-bond acceptors (Lipinski definition) is 9.